The first-order valence-corrected chi connectivity index (χ1v) is 10.6. The summed E-state index contributed by atoms with van der Waals surface area (Å²) in [6.45, 7) is 4.03. The highest BCUT2D eigenvalue weighted by Crippen LogP contribution is 2.32. The monoisotopic (exact) mass is 392 g/mol. The van der Waals surface area contributed by atoms with Crippen LogP contribution in [-0.4, -0.2) is 10.9 Å². The van der Waals surface area contributed by atoms with Crippen LogP contribution in [-0.2, 0) is 11.2 Å². The first kappa shape index (κ1) is 17.9. The highest BCUT2D eigenvalue weighted by atomic mass is 32.1. The van der Waals surface area contributed by atoms with Gasteiger partial charge in [-0.1, -0.05) is 48.5 Å². The molecular formula is C22H20N2OS2. The Hall–Kier alpha value is -2.50. The van der Waals surface area contributed by atoms with E-state index in [0.29, 0.717) is 6.42 Å². The first-order valence-electron chi connectivity index (χ1n) is 8.89. The summed E-state index contributed by atoms with van der Waals surface area (Å²) >= 11 is 3.26. The summed E-state index contributed by atoms with van der Waals surface area (Å²) in [5.74, 6) is 0.0249. The molecule has 1 atom stereocenters. The highest BCUT2D eigenvalue weighted by molar-refractivity contribution is 7.15. The maximum absolute atomic E-state index is 12.7. The van der Waals surface area contributed by atoms with E-state index in [4.69, 9.17) is 0 Å². The number of aryl methyl sites for hydroxylation is 1. The number of nitrogens with one attached hydrogen (secondary N) is 1. The van der Waals surface area contributed by atoms with Crippen molar-refractivity contribution in [2.75, 3.05) is 0 Å². The second-order valence-corrected chi connectivity index (χ2v) is 8.75. The van der Waals surface area contributed by atoms with Crippen LogP contribution in [0.15, 0.2) is 60.0 Å². The molecule has 2 aromatic carbocycles. The Balaban J connectivity index is 1.53. The zero-order chi connectivity index (χ0) is 18.8. The molecule has 2 aromatic heterocycles. The van der Waals surface area contributed by atoms with Crippen LogP contribution in [0.5, 0.6) is 0 Å². The van der Waals surface area contributed by atoms with Crippen LogP contribution in [0.3, 0.4) is 0 Å². The number of hydrogen-bond donors (Lipinski definition) is 1. The Kier molecular flexibility index (Phi) is 5.05. The van der Waals surface area contributed by atoms with Crippen molar-refractivity contribution in [2.24, 2.45) is 0 Å². The normalized spacial score (nSPS) is 12.2. The van der Waals surface area contributed by atoms with E-state index in [1.807, 2.05) is 43.5 Å². The zero-order valence-corrected chi connectivity index (χ0v) is 16.9. The average molecular weight is 393 g/mol. The maximum Gasteiger partial charge on any atom is 0.225 e. The number of fused-ring (bicyclic) bond motifs is 1. The Bertz CT molecular complexity index is 1080. The molecule has 5 heteroatoms. The molecular weight excluding hydrogens is 372 g/mol. The van der Waals surface area contributed by atoms with E-state index in [0.717, 1.165) is 26.0 Å². The van der Waals surface area contributed by atoms with Gasteiger partial charge in [-0.3, -0.25) is 4.79 Å². The molecule has 0 bridgehead atoms. The number of thiazole rings is 1. The molecule has 1 amide bonds. The molecule has 1 N–H and O–H groups in total. The predicted molar refractivity (Wildman–Crippen MR) is 114 cm³/mol. The van der Waals surface area contributed by atoms with Crippen molar-refractivity contribution in [3.63, 3.8) is 0 Å². The van der Waals surface area contributed by atoms with Crippen LogP contribution in [0.25, 0.3) is 21.3 Å². The lowest BCUT2D eigenvalue weighted by atomic mass is 9.99. The van der Waals surface area contributed by atoms with E-state index in [2.05, 4.69) is 40.6 Å². The van der Waals surface area contributed by atoms with Gasteiger partial charge in [0.1, 0.15) is 0 Å². The van der Waals surface area contributed by atoms with E-state index in [1.165, 1.54) is 10.8 Å². The van der Waals surface area contributed by atoms with Gasteiger partial charge in [0.2, 0.25) is 5.91 Å². The largest absolute Gasteiger partial charge is 0.349 e. The van der Waals surface area contributed by atoms with Gasteiger partial charge in [-0.15, -0.1) is 22.7 Å². The summed E-state index contributed by atoms with van der Waals surface area (Å²) in [7, 11) is 0. The van der Waals surface area contributed by atoms with Crippen molar-refractivity contribution >= 4 is 39.4 Å². The Morgan fingerprint density at radius 3 is 2.74 bits per heavy atom. The molecule has 0 aliphatic heterocycles. The number of carbonyl (C=O) groups is 1. The van der Waals surface area contributed by atoms with Gasteiger partial charge < -0.3 is 5.32 Å². The summed E-state index contributed by atoms with van der Waals surface area (Å²) in [4.78, 5) is 19.5. The molecule has 4 aromatic rings. The van der Waals surface area contributed by atoms with Gasteiger partial charge in [0, 0.05) is 4.88 Å². The highest BCUT2D eigenvalue weighted by Gasteiger charge is 2.18. The molecule has 0 aliphatic rings. The van der Waals surface area contributed by atoms with E-state index >= 15 is 0 Å². The van der Waals surface area contributed by atoms with E-state index in [1.54, 1.807) is 22.7 Å². The summed E-state index contributed by atoms with van der Waals surface area (Å²) in [6, 6.07) is 18.5. The van der Waals surface area contributed by atoms with Gasteiger partial charge in [-0.2, -0.15) is 0 Å². The molecule has 0 spiro atoms. The second kappa shape index (κ2) is 7.62. The van der Waals surface area contributed by atoms with Crippen LogP contribution in [0, 0.1) is 6.92 Å². The van der Waals surface area contributed by atoms with Crippen molar-refractivity contribution in [1.29, 1.82) is 0 Å². The van der Waals surface area contributed by atoms with Crippen LogP contribution >= 0.6 is 22.7 Å². The van der Waals surface area contributed by atoms with Crippen molar-refractivity contribution < 1.29 is 4.79 Å². The van der Waals surface area contributed by atoms with E-state index < -0.39 is 0 Å². The van der Waals surface area contributed by atoms with Crippen molar-refractivity contribution in [3.8, 4) is 10.6 Å². The number of aromatic nitrogens is 1. The molecule has 136 valence electrons. The smallest absolute Gasteiger partial charge is 0.225 e. The summed E-state index contributed by atoms with van der Waals surface area (Å²) in [5, 5.41) is 8.56. The van der Waals surface area contributed by atoms with Crippen LogP contribution in [0.1, 0.15) is 28.4 Å². The maximum atomic E-state index is 12.7. The molecule has 3 nitrogen and oxygen atoms in total. The van der Waals surface area contributed by atoms with Gasteiger partial charge in [0.25, 0.3) is 0 Å². The van der Waals surface area contributed by atoms with Gasteiger partial charge in [0.05, 0.1) is 28.0 Å². The van der Waals surface area contributed by atoms with Gasteiger partial charge >= 0.3 is 0 Å². The quantitative estimate of drug-likeness (QED) is 0.470. The summed E-state index contributed by atoms with van der Waals surface area (Å²) in [5.41, 5.74) is 2.08. The summed E-state index contributed by atoms with van der Waals surface area (Å²) < 4.78 is 0. The third-order valence-corrected chi connectivity index (χ3v) is 6.39. The molecule has 0 fully saturated rings. The van der Waals surface area contributed by atoms with Crippen LogP contribution < -0.4 is 5.32 Å². The standard InChI is InChI=1S/C22H20N2OS2/c1-14(17-10-5-8-16-7-3-4-9-18(16)17)23-21(25)13-20-22(24-15(2)27-20)19-11-6-12-26-19/h3-12,14H,13H2,1-2H3,(H,23,25)/t14-/m0/s1. The number of hydrogen-bond acceptors (Lipinski definition) is 4. The number of rotatable bonds is 5. The number of benzene rings is 2. The van der Waals surface area contributed by atoms with Crippen molar-refractivity contribution in [3.05, 3.63) is 75.4 Å². The number of nitrogens with zero attached hydrogens (tertiary/aromatic N) is 1. The number of carbonyl (C=O) groups excluding carboxylic acids is 1. The summed E-state index contributed by atoms with van der Waals surface area (Å²) in [6.07, 6.45) is 0.355. The minimum absolute atomic E-state index is 0.0249. The Labute approximate surface area is 166 Å². The predicted octanol–water partition coefficient (Wildman–Crippen LogP) is 5.75. The van der Waals surface area contributed by atoms with Gasteiger partial charge in [0.15, 0.2) is 0 Å². The third kappa shape index (κ3) is 3.80. The van der Waals surface area contributed by atoms with Gasteiger partial charge in [-0.25, -0.2) is 4.98 Å². The first-order chi connectivity index (χ1) is 13.1. The zero-order valence-electron chi connectivity index (χ0n) is 15.2. The minimum Gasteiger partial charge on any atom is -0.349 e. The molecule has 0 radical (unpaired) electrons. The van der Waals surface area contributed by atoms with E-state index in [9.17, 15) is 4.79 Å². The van der Waals surface area contributed by atoms with Crippen molar-refractivity contribution in [2.45, 2.75) is 26.3 Å². The van der Waals surface area contributed by atoms with Crippen LogP contribution in [0.4, 0.5) is 0 Å². The van der Waals surface area contributed by atoms with Gasteiger partial charge in [-0.05, 0) is 41.6 Å². The molecule has 4 rings (SSSR count). The molecule has 0 saturated heterocycles. The molecule has 0 aliphatic carbocycles. The second-order valence-electron chi connectivity index (χ2n) is 6.52. The minimum atomic E-state index is -0.0530. The Morgan fingerprint density at radius 2 is 1.93 bits per heavy atom. The average Bonchev–Trinajstić information content (AvgIpc) is 3.30. The lowest BCUT2D eigenvalue weighted by Gasteiger charge is -2.16. The van der Waals surface area contributed by atoms with Crippen molar-refractivity contribution in [1.82, 2.24) is 10.3 Å². The lowest BCUT2D eigenvalue weighted by molar-refractivity contribution is -0.121. The molecule has 27 heavy (non-hydrogen) atoms. The third-order valence-electron chi connectivity index (χ3n) is 4.55. The lowest BCUT2D eigenvalue weighted by Crippen LogP contribution is -2.28. The van der Waals surface area contributed by atoms with Crippen LogP contribution in [0.2, 0.25) is 0 Å². The fourth-order valence-electron chi connectivity index (χ4n) is 3.34. The van der Waals surface area contributed by atoms with E-state index in [-0.39, 0.29) is 11.9 Å². The molecule has 0 unspecified atom stereocenters. The fraction of sp³-hybridized carbons (Fsp3) is 0.182. The Morgan fingerprint density at radius 1 is 1.11 bits per heavy atom. The fourth-order valence-corrected chi connectivity index (χ4v) is 5.09. The number of thiophene rings is 1. The topological polar surface area (TPSA) is 42.0 Å². The molecule has 0 saturated carbocycles. The SMILES string of the molecule is Cc1nc(-c2cccs2)c(CC(=O)N[C@@H](C)c2cccc3ccccc23)s1. The number of amides is 1. The molecule has 2 heterocycles.